The highest BCUT2D eigenvalue weighted by atomic mass is 19.2. The second-order valence-corrected chi connectivity index (χ2v) is 2.91. The van der Waals surface area contributed by atoms with Gasteiger partial charge < -0.3 is 9.94 Å². The smallest absolute Gasteiger partial charge is 0.341 e. The molecule has 1 rings (SSSR count). The molecule has 0 aliphatic heterocycles. The van der Waals surface area contributed by atoms with Gasteiger partial charge in [-0.3, -0.25) is 0 Å². The number of carbonyl (C=O) groups excluding carboxylic acids is 1. The summed E-state index contributed by atoms with van der Waals surface area (Å²) in [6.45, 7) is 1.44. The van der Waals surface area contributed by atoms with E-state index >= 15 is 0 Å². The van der Waals surface area contributed by atoms with E-state index in [1.807, 2.05) is 0 Å². The van der Waals surface area contributed by atoms with Crippen LogP contribution in [0.3, 0.4) is 0 Å². The van der Waals surface area contributed by atoms with Gasteiger partial charge in [0.1, 0.15) is 5.82 Å². The van der Waals surface area contributed by atoms with Crippen molar-refractivity contribution in [3.63, 3.8) is 0 Å². The van der Waals surface area contributed by atoms with Crippen molar-refractivity contribution in [2.24, 2.45) is 5.16 Å². The Morgan fingerprint density at radius 2 is 2.12 bits per heavy atom. The molecule has 0 aliphatic rings. The van der Waals surface area contributed by atoms with Gasteiger partial charge in [0.2, 0.25) is 0 Å². The molecule has 17 heavy (non-hydrogen) atoms. The molecular formula is C10H8F3NO3. The van der Waals surface area contributed by atoms with E-state index in [2.05, 4.69) is 9.89 Å². The number of benzene rings is 1. The van der Waals surface area contributed by atoms with Crippen molar-refractivity contribution < 1.29 is 27.9 Å². The SMILES string of the molecule is CCOC(=O)c1cc(F)c(F)c(C=NO)c1F. The van der Waals surface area contributed by atoms with Crippen LogP contribution in [-0.4, -0.2) is 24.0 Å². The normalized spacial score (nSPS) is 10.8. The first-order chi connectivity index (χ1) is 8.02. The Morgan fingerprint density at radius 3 is 2.65 bits per heavy atom. The van der Waals surface area contributed by atoms with Crippen LogP contribution in [0, 0.1) is 17.5 Å². The fraction of sp³-hybridized carbons (Fsp3) is 0.200. The van der Waals surface area contributed by atoms with Crippen LogP contribution >= 0.6 is 0 Å². The Balaban J connectivity index is 3.38. The lowest BCUT2D eigenvalue weighted by Gasteiger charge is -2.06. The van der Waals surface area contributed by atoms with Crippen LogP contribution in [0.25, 0.3) is 0 Å². The Labute approximate surface area is 94.3 Å². The van der Waals surface area contributed by atoms with Crippen molar-refractivity contribution in [2.45, 2.75) is 6.92 Å². The highest BCUT2D eigenvalue weighted by Gasteiger charge is 2.22. The molecule has 0 saturated heterocycles. The van der Waals surface area contributed by atoms with E-state index in [1.165, 1.54) is 6.92 Å². The third-order valence-electron chi connectivity index (χ3n) is 1.87. The first-order valence-corrected chi connectivity index (χ1v) is 4.55. The molecule has 0 spiro atoms. The molecule has 0 aliphatic carbocycles. The van der Waals surface area contributed by atoms with Gasteiger partial charge >= 0.3 is 5.97 Å². The molecule has 0 amide bonds. The van der Waals surface area contributed by atoms with Crippen LogP contribution in [-0.2, 0) is 4.74 Å². The third-order valence-corrected chi connectivity index (χ3v) is 1.87. The minimum absolute atomic E-state index is 0.0410. The van der Waals surface area contributed by atoms with E-state index in [0.29, 0.717) is 12.3 Å². The maximum atomic E-state index is 13.6. The molecule has 0 aromatic heterocycles. The maximum absolute atomic E-state index is 13.6. The van der Waals surface area contributed by atoms with Gasteiger partial charge in [0, 0.05) is 0 Å². The van der Waals surface area contributed by atoms with Crippen LogP contribution in [0.2, 0.25) is 0 Å². The summed E-state index contributed by atoms with van der Waals surface area (Å²) in [5.41, 5.74) is -1.71. The first kappa shape index (κ1) is 13.0. The number of hydrogen-bond donors (Lipinski definition) is 1. The van der Waals surface area contributed by atoms with E-state index in [1.54, 1.807) is 0 Å². The number of hydrogen-bond acceptors (Lipinski definition) is 4. The molecule has 4 nitrogen and oxygen atoms in total. The highest BCUT2D eigenvalue weighted by Crippen LogP contribution is 2.19. The van der Waals surface area contributed by atoms with Crippen LogP contribution in [0.4, 0.5) is 13.2 Å². The second-order valence-electron chi connectivity index (χ2n) is 2.91. The molecule has 0 heterocycles. The quantitative estimate of drug-likeness (QED) is 0.292. The van der Waals surface area contributed by atoms with E-state index < -0.39 is 34.5 Å². The van der Waals surface area contributed by atoms with Crippen molar-refractivity contribution in [3.05, 3.63) is 34.6 Å². The molecule has 1 aromatic carbocycles. The summed E-state index contributed by atoms with van der Waals surface area (Å²) >= 11 is 0. The lowest BCUT2D eigenvalue weighted by atomic mass is 10.1. The van der Waals surface area contributed by atoms with Crippen LogP contribution < -0.4 is 0 Å². The summed E-state index contributed by atoms with van der Waals surface area (Å²) in [4.78, 5) is 11.2. The number of nitrogens with zero attached hydrogens (tertiary/aromatic N) is 1. The van der Waals surface area contributed by atoms with Crippen molar-refractivity contribution in [2.75, 3.05) is 6.61 Å². The molecule has 0 radical (unpaired) electrons. The van der Waals surface area contributed by atoms with Gasteiger partial charge in [-0.25, -0.2) is 18.0 Å². The van der Waals surface area contributed by atoms with Crippen molar-refractivity contribution in [3.8, 4) is 0 Å². The summed E-state index contributed by atoms with van der Waals surface area (Å²) in [6.07, 6.45) is 0.358. The summed E-state index contributed by atoms with van der Waals surface area (Å²) in [7, 11) is 0. The zero-order valence-corrected chi connectivity index (χ0v) is 8.71. The van der Waals surface area contributed by atoms with E-state index in [-0.39, 0.29) is 6.61 Å². The Morgan fingerprint density at radius 1 is 1.47 bits per heavy atom. The average molecular weight is 247 g/mol. The van der Waals surface area contributed by atoms with E-state index in [4.69, 9.17) is 5.21 Å². The first-order valence-electron chi connectivity index (χ1n) is 4.55. The summed E-state index contributed by atoms with van der Waals surface area (Å²) < 4.78 is 44.2. The molecule has 0 saturated carbocycles. The van der Waals surface area contributed by atoms with Crippen LogP contribution in [0.15, 0.2) is 11.2 Å². The Bertz CT molecular complexity index is 474. The van der Waals surface area contributed by atoms with E-state index in [0.717, 1.165) is 0 Å². The average Bonchev–Trinajstić information content (AvgIpc) is 2.29. The fourth-order valence-corrected chi connectivity index (χ4v) is 1.15. The number of ether oxygens (including phenoxy) is 1. The predicted octanol–water partition coefficient (Wildman–Crippen LogP) is 2.09. The highest BCUT2D eigenvalue weighted by molar-refractivity contribution is 5.92. The van der Waals surface area contributed by atoms with Crippen LogP contribution in [0.5, 0.6) is 0 Å². The number of esters is 1. The molecule has 0 unspecified atom stereocenters. The van der Waals surface area contributed by atoms with Gasteiger partial charge in [0.15, 0.2) is 11.6 Å². The topological polar surface area (TPSA) is 58.9 Å². The molecular weight excluding hydrogens is 239 g/mol. The fourth-order valence-electron chi connectivity index (χ4n) is 1.15. The maximum Gasteiger partial charge on any atom is 0.341 e. The molecule has 0 bridgehead atoms. The number of carbonyl (C=O) groups is 1. The van der Waals surface area contributed by atoms with Crippen molar-refractivity contribution in [1.82, 2.24) is 0 Å². The lowest BCUT2D eigenvalue weighted by molar-refractivity contribution is 0.0520. The molecule has 1 N–H and O–H groups in total. The zero-order chi connectivity index (χ0) is 13.0. The minimum Gasteiger partial charge on any atom is -0.462 e. The van der Waals surface area contributed by atoms with Gasteiger partial charge in [-0.1, -0.05) is 5.16 Å². The second kappa shape index (κ2) is 5.33. The molecule has 7 heteroatoms. The number of oxime groups is 1. The summed E-state index contributed by atoms with van der Waals surface area (Å²) in [5, 5.41) is 10.6. The third kappa shape index (κ3) is 2.55. The van der Waals surface area contributed by atoms with Crippen molar-refractivity contribution >= 4 is 12.2 Å². The zero-order valence-electron chi connectivity index (χ0n) is 8.71. The van der Waals surface area contributed by atoms with Gasteiger partial charge in [-0.15, -0.1) is 0 Å². The molecule has 0 fully saturated rings. The van der Waals surface area contributed by atoms with E-state index in [9.17, 15) is 18.0 Å². The monoisotopic (exact) mass is 247 g/mol. The summed E-state index contributed by atoms with van der Waals surface area (Å²) in [6, 6.07) is 0.386. The minimum atomic E-state index is -1.55. The molecule has 0 atom stereocenters. The van der Waals surface area contributed by atoms with Gasteiger partial charge in [-0.2, -0.15) is 0 Å². The van der Waals surface area contributed by atoms with Gasteiger partial charge in [-0.05, 0) is 13.0 Å². The predicted molar refractivity (Wildman–Crippen MR) is 51.7 cm³/mol. The Kier molecular flexibility index (Phi) is 4.08. The standard InChI is InChI=1S/C10H8F3NO3/c1-2-17-10(15)5-3-7(11)9(13)6(4-14-16)8(5)12/h3-4,16H,2H2,1H3. The van der Waals surface area contributed by atoms with Crippen molar-refractivity contribution in [1.29, 1.82) is 0 Å². The number of rotatable bonds is 3. The Hall–Kier alpha value is -2.05. The number of halogens is 3. The van der Waals surface area contributed by atoms with Gasteiger partial charge in [0.05, 0.1) is 23.9 Å². The van der Waals surface area contributed by atoms with Gasteiger partial charge in [0.25, 0.3) is 0 Å². The van der Waals surface area contributed by atoms with Crippen LogP contribution in [0.1, 0.15) is 22.8 Å². The summed E-state index contributed by atoms with van der Waals surface area (Å²) in [5.74, 6) is -5.46. The molecule has 1 aromatic rings. The lowest BCUT2D eigenvalue weighted by Crippen LogP contribution is -2.11. The molecule has 92 valence electrons. The largest absolute Gasteiger partial charge is 0.462 e.